The molecule has 5 N–H and O–H groups in total. The number of aryl methyl sites for hydroxylation is 1. The van der Waals surface area contributed by atoms with Crippen molar-refractivity contribution in [2.75, 3.05) is 32.1 Å². The molecular formula is C23H27FN4O5. The molecule has 176 valence electrons. The molecule has 3 amide bonds. The van der Waals surface area contributed by atoms with Crippen LogP contribution in [-0.2, 0) is 14.3 Å². The number of rotatable bonds is 9. The van der Waals surface area contributed by atoms with Crippen molar-refractivity contribution < 1.29 is 28.6 Å². The zero-order chi connectivity index (χ0) is 24.1. The van der Waals surface area contributed by atoms with E-state index in [9.17, 15) is 18.8 Å². The van der Waals surface area contributed by atoms with Crippen LogP contribution in [0, 0.1) is 19.7 Å². The molecule has 0 saturated carbocycles. The lowest BCUT2D eigenvalue weighted by Crippen LogP contribution is -2.39. The van der Waals surface area contributed by atoms with Crippen LogP contribution in [0.5, 0.6) is 0 Å². The van der Waals surface area contributed by atoms with Crippen molar-refractivity contribution in [3.8, 4) is 0 Å². The number of fused-ring (bicyclic) bond motifs is 1. The largest absolute Gasteiger partial charge is 0.395 e. The maximum Gasteiger partial charge on any atom is 0.256 e. The first-order chi connectivity index (χ1) is 15.8. The summed E-state index contributed by atoms with van der Waals surface area (Å²) in [5.74, 6) is -1.50. The van der Waals surface area contributed by atoms with Gasteiger partial charge in [0.1, 0.15) is 11.9 Å². The van der Waals surface area contributed by atoms with Crippen molar-refractivity contribution in [3.05, 3.63) is 52.1 Å². The fourth-order valence-electron chi connectivity index (χ4n) is 3.76. The summed E-state index contributed by atoms with van der Waals surface area (Å²) in [4.78, 5) is 40.3. The molecule has 0 unspecified atom stereocenters. The van der Waals surface area contributed by atoms with Crippen LogP contribution in [0.4, 0.5) is 10.1 Å². The van der Waals surface area contributed by atoms with Crippen LogP contribution in [0.3, 0.4) is 0 Å². The molecular weight excluding hydrogens is 431 g/mol. The highest BCUT2D eigenvalue weighted by Crippen LogP contribution is 2.34. The van der Waals surface area contributed by atoms with Gasteiger partial charge in [0.25, 0.3) is 11.8 Å². The Morgan fingerprint density at radius 3 is 2.70 bits per heavy atom. The van der Waals surface area contributed by atoms with Crippen molar-refractivity contribution in [2.24, 2.45) is 0 Å². The molecule has 2 aromatic rings. The van der Waals surface area contributed by atoms with Gasteiger partial charge in [0, 0.05) is 42.8 Å². The Kier molecular flexibility index (Phi) is 7.62. The Morgan fingerprint density at radius 2 is 2.00 bits per heavy atom. The van der Waals surface area contributed by atoms with Crippen LogP contribution in [0.15, 0.2) is 18.2 Å². The second-order valence-electron chi connectivity index (χ2n) is 7.65. The quantitative estimate of drug-likeness (QED) is 0.364. The van der Waals surface area contributed by atoms with E-state index in [1.165, 1.54) is 25.3 Å². The predicted molar refractivity (Wildman–Crippen MR) is 121 cm³/mol. The first kappa shape index (κ1) is 24.1. The standard InChI is InChI=1S/C23H27FN4O5/c1-12-18(11-16-15-10-14(24)4-5-17(15)28-21(16)30)27-13(2)20(12)23(32)25-7-6-19(33-3)22(31)26-8-9-29/h4-5,10-11,19,27,29H,6-9H2,1-3H3,(H,25,32)(H,26,31)(H,28,30)/b16-11-/t19-/m0/s1. The normalized spacial score (nSPS) is 14.7. The van der Waals surface area contributed by atoms with Crippen LogP contribution in [-0.4, -0.2) is 60.7 Å². The first-order valence-corrected chi connectivity index (χ1v) is 10.5. The minimum atomic E-state index is -0.757. The number of carbonyl (C=O) groups excluding carboxylic acids is 3. The molecule has 1 aliphatic heterocycles. The van der Waals surface area contributed by atoms with Crippen molar-refractivity contribution in [3.63, 3.8) is 0 Å². The summed E-state index contributed by atoms with van der Waals surface area (Å²) < 4.78 is 18.8. The fourth-order valence-corrected chi connectivity index (χ4v) is 3.76. The van der Waals surface area contributed by atoms with Gasteiger partial charge in [-0.2, -0.15) is 0 Å². The van der Waals surface area contributed by atoms with E-state index in [1.807, 2.05) is 0 Å². The van der Waals surface area contributed by atoms with Gasteiger partial charge in [-0.25, -0.2) is 4.39 Å². The number of H-pyrrole nitrogens is 1. The molecule has 2 heterocycles. The average molecular weight is 458 g/mol. The Labute approximate surface area is 190 Å². The van der Waals surface area contributed by atoms with Crippen LogP contribution < -0.4 is 16.0 Å². The van der Waals surface area contributed by atoms with E-state index in [-0.39, 0.29) is 43.8 Å². The van der Waals surface area contributed by atoms with Gasteiger partial charge < -0.3 is 30.8 Å². The summed E-state index contributed by atoms with van der Waals surface area (Å²) in [6, 6.07) is 4.08. The SMILES string of the molecule is CO[C@@H](CCNC(=O)c1c(C)[nH]c(/C=C2\C(=O)Nc3ccc(F)cc32)c1C)C(=O)NCCO. The topological polar surface area (TPSA) is 133 Å². The summed E-state index contributed by atoms with van der Waals surface area (Å²) in [5.41, 5.74) is 3.54. The third-order valence-corrected chi connectivity index (χ3v) is 5.44. The molecule has 1 atom stereocenters. The Morgan fingerprint density at radius 1 is 1.24 bits per heavy atom. The Bertz CT molecular complexity index is 1110. The summed E-state index contributed by atoms with van der Waals surface area (Å²) in [6.45, 7) is 3.64. The van der Waals surface area contributed by atoms with Gasteiger partial charge in [0.05, 0.1) is 17.7 Å². The van der Waals surface area contributed by atoms with Crippen molar-refractivity contribution >= 4 is 35.1 Å². The van der Waals surface area contributed by atoms with Crippen LogP contribution >= 0.6 is 0 Å². The molecule has 33 heavy (non-hydrogen) atoms. The van der Waals surface area contributed by atoms with Crippen molar-refractivity contribution in [1.29, 1.82) is 0 Å². The number of hydrogen-bond acceptors (Lipinski definition) is 5. The van der Waals surface area contributed by atoms with Gasteiger partial charge in [-0.1, -0.05) is 0 Å². The number of nitrogens with one attached hydrogen (secondary N) is 4. The lowest BCUT2D eigenvalue weighted by atomic mass is 10.0. The van der Waals surface area contributed by atoms with Gasteiger partial charge >= 0.3 is 0 Å². The first-order valence-electron chi connectivity index (χ1n) is 10.5. The van der Waals surface area contributed by atoms with E-state index in [1.54, 1.807) is 19.9 Å². The lowest BCUT2D eigenvalue weighted by molar-refractivity contribution is -0.131. The second-order valence-corrected chi connectivity index (χ2v) is 7.65. The molecule has 1 aliphatic rings. The van der Waals surface area contributed by atoms with Crippen molar-refractivity contribution in [1.82, 2.24) is 15.6 Å². The molecule has 0 radical (unpaired) electrons. The number of aromatic nitrogens is 1. The van der Waals surface area contributed by atoms with Gasteiger partial charge in [-0.05, 0) is 50.1 Å². The molecule has 3 rings (SSSR count). The van der Waals surface area contributed by atoms with E-state index in [2.05, 4.69) is 20.9 Å². The highest BCUT2D eigenvalue weighted by atomic mass is 19.1. The van der Waals surface area contributed by atoms with Crippen LogP contribution in [0.1, 0.15) is 39.3 Å². The monoisotopic (exact) mass is 458 g/mol. The van der Waals surface area contributed by atoms with Crippen molar-refractivity contribution in [2.45, 2.75) is 26.4 Å². The smallest absolute Gasteiger partial charge is 0.256 e. The van der Waals surface area contributed by atoms with Crippen LogP contribution in [0.2, 0.25) is 0 Å². The van der Waals surface area contributed by atoms with Gasteiger partial charge in [0.2, 0.25) is 5.91 Å². The summed E-state index contributed by atoms with van der Waals surface area (Å²) >= 11 is 0. The Hall–Kier alpha value is -3.50. The molecule has 1 aromatic carbocycles. The zero-order valence-corrected chi connectivity index (χ0v) is 18.7. The van der Waals surface area contributed by atoms with E-state index in [0.717, 1.165) is 0 Å². The molecule has 10 heteroatoms. The van der Waals surface area contributed by atoms with E-state index >= 15 is 0 Å². The lowest BCUT2D eigenvalue weighted by Gasteiger charge is -2.15. The van der Waals surface area contributed by atoms with Gasteiger partial charge in [0.15, 0.2) is 0 Å². The molecule has 0 spiro atoms. The number of benzene rings is 1. The molecule has 0 fully saturated rings. The number of aromatic amines is 1. The summed E-state index contributed by atoms with van der Waals surface area (Å²) in [7, 11) is 1.40. The Balaban J connectivity index is 1.73. The number of hydrogen-bond donors (Lipinski definition) is 5. The number of methoxy groups -OCH3 is 1. The van der Waals surface area contributed by atoms with Gasteiger partial charge in [-0.15, -0.1) is 0 Å². The van der Waals surface area contributed by atoms with E-state index in [0.29, 0.717) is 39.3 Å². The molecule has 1 aromatic heterocycles. The average Bonchev–Trinajstić information content (AvgIpc) is 3.24. The molecule has 0 bridgehead atoms. The maximum atomic E-state index is 13.7. The maximum absolute atomic E-state index is 13.7. The summed E-state index contributed by atoms with van der Waals surface area (Å²) in [5, 5.41) is 16.8. The number of aliphatic hydroxyl groups is 1. The molecule has 9 nitrogen and oxygen atoms in total. The fraction of sp³-hybridized carbons (Fsp3) is 0.348. The summed E-state index contributed by atoms with van der Waals surface area (Å²) in [6.07, 6.45) is 1.10. The number of halogens is 1. The number of ether oxygens (including phenoxy) is 1. The van der Waals surface area contributed by atoms with E-state index in [4.69, 9.17) is 9.84 Å². The highest BCUT2D eigenvalue weighted by molar-refractivity contribution is 6.34. The zero-order valence-electron chi connectivity index (χ0n) is 18.7. The minimum absolute atomic E-state index is 0.125. The highest BCUT2D eigenvalue weighted by Gasteiger charge is 2.26. The number of carbonyl (C=O) groups is 3. The number of aliphatic hydroxyl groups excluding tert-OH is 1. The molecule has 0 aliphatic carbocycles. The van der Waals surface area contributed by atoms with Crippen LogP contribution in [0.25, 0.3) is 11.6 Å². The van der Waals surface area contributed by atoms with E-state index < -0.39 is 11.9 Å². The number of amides is 3. The van der Waals surface area contributed by atoms with Gasteiger partial charge in [-0.3, -0.25) is 14.4 Å². The third kappa shape index (κ3) is 5.29. The third-order valence-electron chi connectivity index (χ3n) is 5.44. The minimum Gasteiger partial charge on any atom is -0.395 e. The number of anilines is 1. The molecule has 0 saturated heterocycles. The second kappa shape index (κ2) is 10.4. The predicted octanol–water partition coefficient (Wildman–Crippen LogP) is 1.51.